The van der Waals surface area contributed by atoms with E-state index < -0.39 is 5.97 Å². The van der Waals surface area contributed by atoms with E-state index in [1.54, 1.807) is 12.4 Å². The molecule has 8 heteroatoms. The summed E-state index contributed by atoms with van der Waals surface area (Å²) in [5.41, 5.74) is 5.40. The second-order valence-electron chi connectivity index (χ2n) is 10.3. The lowest BCUT2D eigenvalue weighted by molar-refractivity contribution is -0.137. The highest BCUT2D eigenvalue weighted by Gasteiger charge is 2.42. The minimum atomic E-state index is -0.772. The first-order valence-corrected chi connectivity index (χ1v) is 14.6. The van der Waals surface area contributed by atoms with Crippen molar-refractivity contribution in [2.24, 2.45) is 0 Å². The second kappa shape index (κ2) is 11.9. The molecule has 0 radical (unpaired) electrons. The first kappa shape index (κ1) is 26.7. The first-order valence-electron chi connectivity index (χ1n) is 13.6. The van der Waals surface area contributed by atoms with Crippen molar-refractivity contribution < 1.29 is 14.6 Å². The largest absolute Gasteiger partial charge is 0.481 e. The van der Waals surface area contributed by atoms with Gasteiger partial charge in [0.05, 0.1) is 42.5 Å². The average molecular weight is 627 g/mol. The maximum atomic E-state index is 11.5. The number of hydrogen-bond donors (Lipinski definition) is 2. The smallest absolute Gasteiger partial charge is 0.316 e. The van der Waals surface area contributed by atoms with Crippen molar-refractivity contribution in [1.82, 2.24) is 9.97 Å². The molecule has 2 aromatic carbocycles. The van der Waals surface area contributed by atoms with Gasteiger partial charge in [0.2, 0.25) is 0 Å². The monoisotopic (exact) mass is 626 g/mol. The highest BCUT2D eigenvalue weighted by Crippen LogP contribution is 2.48. The number of piperidine rings is 1. The van der Waals surface area contributed by atoms with Gasteiger partial charge in [-0.05, 0) is 109 Å². The van der Waals surface area contributed by atoms with Crippen molar-refractivity contribution in [3.05, 3.63) is 69.6 Å². The zero-order valence-corrected chi connectivity index (χ0v) is 24.1. The molecule has 2 fully saturated rings. The fourth-order valence-corrected chi connectivity index (χ4v) is 6.52. The van der Waals surface area contributed by atoms with Gasteiger partial charge < -0.3 is 20.1 Å². The van der Waals surface area contributed by atoms with Crippen molar-refractivity contribution in [1.29, 1.82) is 0 Å². The number of benzene rings is 2. The molecule has 2 N–H and O–H groups in total. The summed E-state index contributed by atoms with van der Waals surface area (Å²) in [6.07, 6.45) is 9.02. The number of hydrogen-bond acceptors (Lipinski definition) is 6. The Labute approximate surface area is 238 Å². The number of ether oxygens (including phenoxy) is 1. The molecular weight excluding hydrogens is 591 g/mol. The molecule has 1 aromatic heterocycles. The summed E-state index contributed by atoms with van der Waals surface area (Å²) in [5.74, 6) is -0.232. The van der Waals surface area contributed by atoms with Gasteiger partial charge in [-0.1, -0.05) is 25.1 Å². The molecule has 2 unspecified atom stereocenters. The van der Waals surface area contributed by atoms with Crippen LogP contribution in [0.4, 0.5) is 17.1 Å². The molecule has 0 amide bonds. The van der Waals surface area contributed by atoms with E-state index in [-0.39, 0.29) is 12.3 Å². The Balaban J connectivity index is 1.45. The van der Waals surface area contributed by atoms with Crippen LogP contribution >= 0.6 is 22.6 Å². The van der Waals surface area contributed by atoms with Gasteiger partial charge in [0.25, 0.3) is 0 Å². The Hall–Kier alpha value is -2.88. The Morgan fingerprint density at radius 1 is 1.11 bits per heavy atom. The summed E-state index contributed by atoms with van der Waals surface area (Å²) >= 11 is 2.37. The van der Waals surface area contributed by atoms with Crippen LogP contribution in [0.25, 0.3) is 0 Å². The van der Waals surface area contributed by atoms with Crippen molar-refractivity contribution in [2.75, 3.05) is 16.8 Å². The molecule has 2 saturated heterocycles. The first-order chi connectivity index (χ1) is 18.4. The molecule has 0 aliphatic carbocycles. The van der Waals surface area contributed by atoms with Crippen molar-refractivity contribution >= 4 is 45.6 Å². The fourth-order valence-electron chi connectivity index (χ4n) is 6.16. The van der Waals surface area contributed by atoms with E-state index in [1.165, 1.54) is 27.7 Å². The number of anilines is 3. The number of halogens is 1. The molecule has 2 aliphatic heterocycles. The van der Waals surface area contributed by atoms with Crippen LogP contribution < -0.4 is 15.0 Å². The number of carboxylic acids is 1. The number of aliphatic carboxylic acids is 1. The Kier molecular flexibility index (Phi) is 8.35. The normalized spacial score (nSPS) is 21.2. The summed E-state index contributed by atoms with van der Waals surface area (Å²) in [7, 11) is 0. The van der Waals surface area contributed by atoms with E-state index in [2.05, 4.69) is 85.2 Å². The van der Waals surface area contributed by atoms with Crippen molar-refractivity contribution in [3.63, 3.8) is 0 Å². The molecule has 200 valence electrons. The maximum Gasteiger partial charge on any atom is 0.316 e. The topological polar surface area (TPSA) is 87.6 Å². The maximum absolute atomic E-state index is 11.5. The predicted octanol–water partition coefficient (Wildman–Crippen LogP) is 7.11. The van der Waals surface area contributed by atoms with Crippen LogP contribution in [-0.2, 0) is 4.79 Å². The zero-order valence-electron chi connectivity index (χ0n) is 21.9. The quantitative estimate of drug-likeness (QED) is 0.232. The third-order valence-corrected chi connectivity index (χ3v) is 8.66. The van der Waals surface area contributed by atoms with Crippen LogP contribution in [0.2, 0.25) is 0 Å². The lowest BCUT2D eigenvalue weighted by atomic mass is 9.84. The van der Waals surface area contributed by atoms with Crippen LogP contribution in [0.3, 0.4) is 0 Å². The van der Waals surface area contributed by atoms with Gasteiger partial charge in [-0.3, -0.25) is 4.79 Å². The number of fused-ring (bicyclic) bond motifs is 2. The number of carbonyl (C=O) groups is 1. The van der Waals surface area contributed by atoms with E-state index in [0.29, 0.717) is 30.6 Å². The highest BCUT2D eigenvalue weighted by molar-refractivity contribution is 14.1. The number of nitrogens with one attached hydrogen (secondary N) is 1. The standard InChI is InChI=1S/C30H35IN4O3/c1-3-19(16-29(36)37)21-7-12-28(27(15-21)34-24-17-32-30(33-18-24)38-4-2)35-25-10-11-26(35)14-22(13-25)20-5-8-23(31)9-6-20/h5-9,12,15,17-19,22,25-26,34H,3-4,10-11,13-14,16H2,1-2H3,(H,36,37)/t19-,22?,25?,26?/m0/s1. The summed E-state index contributed by atoms with van der Waals surface area (Å²) < 4.78 is 6.68. The highest BCUT2D eigenvalue weighted by atomic mass is 127. The van der Waals surface area contributed by atoms with Crippen molar-refractivity contribution in [2.45, 2.75) is 76.3 Å². The Morgan fingerprint density at radius 2 is 1.79 bits per heavy atom. The number of carboxylic acid groups (broad SMARTS) is 1. The molecule has 0 spiro atoms. The summed E-state index contributed by atoms with van der Waals surface area (Å²) in [5, 5.41) is 13.0. The third-order valence-electron chi connectivity index (χ3n) is 7.94. The van der Waals surface area contributed by atoms with Crippen LogP contribution in [0.1, 0.15) is 75.3 Å². The van der Waals surface area contributed by atoms with Crippen LogP contribution in [0, 0.1) is 3.57 Å². The van der Waals surface area contributed by atoms with E-state index in [1.807, 2.05) is 13.8 Å². The summed E-state index contributed by atoms with van der Waals surface area (Å²) in [6, 6.07) is 16.8. The van der Waals surface area contributed by atoms with Crippen LogP contribution in [0.15, 0.2) is 54.9 Å². The summed E-state index contributed by atoms with van der Waals surface area (Å²) in [6.45, 7) is 4.47. The molecular formula is C30H35IN4O3. The lowest BCUT2D eigenvalue weighted by Crippen LogP contribution is -2.42. The van der Waals surface area contributed by atoms with E-state index in [9.17, 15) is 9.90 Å². The zero-order chi connectivity index (χ0) is 26.6. The van der Waals surface area contributed by atoms with E-state index in [0.717, 1.165) is 36.2 Å². The Morgan fingerprint density at radius 3 is 2.39 bits per heavy atom. The van der Waals surface area contributed by atoms with Crippen LogP contribution in [-0.4, -0.2) is 39.7 Å². The minimum absolute atomic E-state index is 0.0398. The number of nitrogens with zero attached hydrogens (tertiary/aromatic N) is 3. The van der Waals surface area contributed by atoms with Crippen LogP contribution in [0.5, 0.6) is 6.01 Å². The molecule has 0 saturated carbocycles. The lowest BCUT2D eigenvalue weighted by Gasteiger charge is -2.42. The van der Waals surface area contributed by atoms with Gasteiger partial charge in [-0.25, -0.2) is 9.97 Å². The average Bonchev–Trinajstić information content (AvgIpc) is 3.17. The fraction of sp³-hybridized carbons (Fsp3) is 0.433. The molecule has 38 heavy (non-hydrogen) atoms. The molecule has 3 atom stereocenters. The molecule has 5 rings (SSSR count). The van der Waals surface area contributed by atoms with Gasteiger partial charge >= 0.3 is 12.0 Å². The predicted molar refractivity (Wildman–Crippen MR) is 159 cm³/mol. The van der Waals surface area contributed by atoms with Crippen molar-refractivity contribution in [3.8, 4) is 6.01 Å². The third kappa shape index (κ3) is 5.90. The number of aromatic nitrogens is 2. The Bertz CT molecular complexity index is 1240. The van der Waals surface area contributed by atoms with E-state index in [4.69, 9.17) is 4.74 Å². The molecule has 7 nitrogen and oxygen atoms in total. The molecule has 3 heterocycles. The van der Waals surface area contributed by atoms with E-state index >= 15 is 0 Å². The second-order valence-corrected chi connectivity index (χ2v) is 11.5. The van der Waals surface area contributed by atoms with Gasteiger partial charge in [0, 0.05) is 15.7 Å². The molecule has 2 bridgehead atoms. The molecule has 2 aliphatic rings. The van der Waals surface area contributed by atoms with Gasteiger partial charge in [-0.15, -0.1) is 0 Å². The SMILES string of the molecule is CCOc1ncc(Nc2cc([C@@H](CC)CC(=O)O)ccc2N2C3CCC2CC(c2ccc(I)cc2)C3)cn1. The van der Waals surface area contributed by atoms with Gasteiger partial charge in [0.1, 0.15) is 0 Å². The van der Waals surface area contributed by atoms with Gasteiger partial charge in [0.15, 0.2) is 0 Å². The van der Waals surface area contributed by atoms with Gasteiger partial charge in [-0.2, -0.15) is 0 Å². The summed E-state index contributed by atoms with van der Waals surface area (Å²) in [4.78, 5) is 22.8. The number of rotatable bonds is 10. The molecule has 3 aromatic rings. The minimum Gasteiger partial charge on any atom is -0.481 e.